The molecule has 2 heterocycles. The molecular formula is C22H33N3O4S. The molecular weight excluding hydrogens is 402 g/mol. The molecule has 166 valence electrons. The van der Waals surface area contributed by atoms with E-state index in [2.05, 4.69) is 16.5 Å². The zero-order chi connectivity index (χ0) is 21.3. The lowest BCUT2D eigenvalue weighted by atomic mass is 10.1. The molecule has 0 saturated carbocycles. The summed E-state index contributed by atoms with van der Waals surface area (Å²) in [6, 6.07) is 0. The summed E-state index contributed by atoms with van der Waals surface area (Å²) in [7, 11) is 1.68. The molecule has 8 heteroatoms. The molecule has 0 aliphatic heterocycles. The molecule has 0 bridgehead atoms. The highest BCUT2D eigenvalue weighted by Gasteiger charge is 2.20. The highest BCUT2D eigenvalue weighted by atomic mass is 32.1. The Balaban J connectivity index is 1.75. The summed E-state index contributed by atoms with van der Waals surface area (Å²) in [4.78, 5) is 24.9. The Labute approximate surface area is 181 Å². The van der Waals surface area contributed by atoms with Crippen LogP contribution in [0.2, 0.25) is 0 Å². The second-order valence-electron chi connectivity index (χ2n) is 7.82. The largest absolute Gasteiger partial charge is 0.389 e. The van der Waals surface area contributed by atoms with Gasteiger partial charge in [0.25, 0.3) is 5.56 Å². The summed E-state index contributed by atoms with van der Waals surface area (Å²) in [5.74, 6) is 0.639. The first-order chi connectivity index (χ1) is 14.6. The molecule has 0 saturated heterocycles. The molecule has 0 fully saturated rings. The maximum atomic E-state index is 12.9. The number of hydrogen-bond acceptors (Lipinski definition) is 7. The van der Waals surface area contributed by atoms with Crippen LogP contribution in [0.1, 0.15) is 41.9 Å². The van der Waals surface area contributed by atoms with Crippen LogP contribution in [0.5, 0.6) is 0 Å². The van der Waals surface area contributed by atoms with Gasteiger partial charge < -0.3 is 19.6 Å². The molecule has 3 rings (SSSR count). The van der Waals surface area contributed by atoms with Crippen LogP contribution in [0.4, 0.5) is 0 Å². The van der Waals surface area contributed by atoms with E-state index in [9.17, 15) is 9.90 Å². The summed E-state index contributed by atoms with van der Waals surface area (Å²) in [5.41, 5.74) is 1.17. The van der Waals surface area contributed by atoms with E-state index in [1.807, 2.05) is 0 Å². The van der Waals surface area contributed by atoms with Crippen LogP contribution in [0.25, 0.3) is 10.2 Å². The molecule has 0 amide bonds. The predicted molar refractivity (Wildman–Crippen MR) is 120 cm³/mol. The van der Waals surface area contributed by atoms with E-state index in [-0.39, 0.29) is 12.2 Å². The van der Waals surface area contributed by atoms with Crippen LogP contribution >= 0.6 is 11.3 Å². The number of nitrogens with zero attached hydrogens (tertiary/aromatic N) is 2. The Morgan fingerprint density at radius 1 is 1.37 bits per heavy atom. The molecule has 0 radical (unpaired) electrons. The number of methoxy groups -OCH3 is 1. The molecule has 0 aromatic carbocycles. The molecule has 1 atom stereocenters. The standard InChI is InChI=1S/C22H33N3O4S/c1-3-11-29-15-16(26)13-25(10-7-12-28-2)14-19-23-21(27)20-17-8-5-4-6-9-18(17)30-22(20)24-19/h3,16,26H,1,4-15H2,2H3,(H,23,24,27)/t16-/m1/s1. The third kappa shape index (κ3) is 6.21. The number of aliphatic hydroxyl groups is 1. The molecule has 30 heavy (non-hydrogen) atoms. The van der Waals surface area contributed by atoms with E-state index in [1.54, 1.807) is 24.5 Å². The summed E-state index contributed by atoms with van der Waals surface area (Å²) in [6.45, 7) is 6.54. The number of H-pyrrole nitrogens is 1. The zero-order valence-corrected chi connectivity index (χ0v) is 18.6. The number of aliphatic hydroxyl groups excluding tert-OH is 1. The lowest BCUT2D eigenvalue weighted by Gasteiger charge is -2.24. The number of fused-ring (bicyclic) bond motifs is 3. The Morgan fingerprint density at radius 2 is 2.20 bits per heavy atom. The number of rotatable bonds is 12. The van der Waals surface area contributed by atoms with Crippen LogP contribution in [0.15, 0.2) is 17.4 Å². The molecule has 1 aliphatic rings. The molecule has 0 unspecified atom stereocenters. The van der Waals surface area contributed by atoms with E-state index in [1.165, 1.54) is 23.3 Å². The van der Waals surface area contributed by atoms with Crippen LogP contribution in [0, 0.1) is 0 Å². The Morgan fingerprint density at radius 3 is 3.00 bits per heavy atom. The maximum Gasteiger partial charge on any atom is 0.259 e. The minimum absolute atomic E-state index is 0.0406. The van der Waals surface area contributed by atoms with Gasteiger partial charge in [-0.1, -0.05) is 12.5 Å². The highest BCUT2D eigenvalue weighted by molar-refractivity contribution is 7.18. The number of thiophene rings is 1. The summed E-state index contributed by atoms with van der Waals surface area (Å²) >= 11 is 1.67. The molecule has 2 aromatic heterocycles. The van der Waals surface area contributed by atoms with Gasteiger partial charge in [-0.2, -0.15) is 0 Å². The number of nitrogens with one attached hydrogen (secondary N) is 1. The van der Waals surface area contributed by atoms with Gasteiger partial charge >= 0.3 is 0 Å². The fraction of sp³-hybridized carbons (Fsp3) is 0.636. The van der Waals surface area contributed by atoms with Gasteiger partial charge in [0.2, 0.25) is 0 Å². The van der Waals surface area contributed by atoms with Crippen molar-refractivity contribution in [3.05, 3.63) is 39.3 Å². The lowest BCUT2D eigenvalue weighted by Crippen LogP contribution is -2.36. The van der Waals surface area contributed by atoms with E-state index in [0.29, 0.717) is 32.1 Å². The van der Waals surface area contributed by atoms with Crippen molar-refractivity contribution >= 4 is 21.6 Å². The smallest absolute Gasteiger partial charge is 0.259 e. The zero-order valence-electron chi connectivity index (χ0n) is 17.8. The fourth-order valence-corrected chi connectivity index (χ4v) is 5.26. The van der Waals surface area contributed by atoms with Gasteiger partial charge in [0, 0.05) is 31.7 Å². The average molecular weight is 436 g/mol. The van der Waals surface area contributed by atoms with E-state index < -0.39 is 6.10 Å². The second kappa shape index (κ2) is 11.7. The van der Waals surface area contributed by atoms with Crippen molar-refractivity contribution in [2.24, 2.45) is 0 Å². The van der Waals surface area contributed by atoms with Crippen molar-refractivity contribution in [2.75, 3.05) is 40.0 Å². The van der Waals surface area contributed by atoms with E-state index in [0.717, 1.165) is 42.4 Å². The average Bonchev–Trinajstić information content (AvgIpc) is 2.90. The number of ether oxygens (including phenoxy) is 2. The molecule has 1 aliphatic carbocycles. The Kier molecular flexibility index (Phi) is 9.02. The maximum absolute atomic E-state index is 12.9. The Bertz CT molecular complexity index is 879. The van der Waals surface area contributed by atoms with Crippen LogP contribution in [-0.2, 0) is 28.9 Å². The first-order valence-corrected chi connectivity index (χ1v) is 11.6. The molecule has 2 aromatic rings. The van der Waals surface area contributed by atoms with Crippen LogP contribution < -0.4 is 5.56 Å². The quantitative estimate of drug-likeness (QED) is 0.303. The van der Waals surface area contributed by atoms with Crippen molar-refractivity contribution in [1.82, 2.24) is 14.9 Å². The topological polar surface area (TPSA) is 87.7 Å². The number of aromatic nitrogens is 2. The summed E-state index contributed by atoms with van der Waals surface area (Å²) < 4.78 is 10.5. The highest BCUT2D eigenvalue weighted by Crippen LogP contribution is 2.32. The number of aromatic amines is 1. The first kappa shape index (κ1) is 23.1. The number of hydrogen-bond donors (Lipinski definition) is 2. The minimum atomic E-state index is -0.624. The molecule has 0 spiro atoms. The monoisotopic (exact) mass is 435 g/mol. The Hall–Kier alpha value is -1.58. The van der Waals surface area contributed by atoms with Crippen molar-refractivity contribution in [1.29, 1.82) is 0 Å². The third-order valence-electron chi connectivity index (χ3n) is 5.34. The van der Waals surface area contributed by atoms with Gasteiger partial charge in [-0.15, -0.1) is 17.9 Å². The third-order valence-corrected chi connectivity index (χ3v) is 6.52. The summed E-state index contributed by atoms with van der Waals surface area (Å²) in [6.07, 6.45) is 7.43. The van der Waals surface area contributed by atoms with Crippen molar-refractivity contribution in [2.45, 2.75) is 51.2 Å². The first-order valence-electron chi connectivity index (χ1n) is 10.7. The van der Waals surface area contributed by atoms with Gasteiger partial charge in [0.15, 0.2) is 0 Å². The van der Waals surface area contributed by atoms with Crippen molar-refractivity contribution < 1.29 is 14.6 Å². The van der Waals surface area contributed by atoms with Gasteiger partial charge in [0.1, 0.15) is 10.7 Å². The lowest BCUT2D eigenvalue weighted by molar-refractivity contribution is 0.0225. The fourth-order valence-electron chi connectivity index (χ4n) is 3.98. The van der Waals surface area contributed by atoms with E-state index >= 15 is 0 Å². The number of aryl methyl sites for hydroxylation is 2. The molecule has 2 N–H and O–H groups in total. The van der Waals surface area contributed by atoms with Crippen molar-refractivity contribution in [3.8, 4) is 0 Å². The minimum Gasteiger partial charge on any atom is -0.389 e. The van der Waals surface area contributed by atoms with Crippen molar-refractivity contribution in [3.63, 3.8) is 0 Å². The second-order valence-corrected chi connectivity index (χ2v) is 8.90. The SMILES string of the molecule is C=CCOC[C@H](O)CN(CCCOC)Cc1nc2sc3c(c2c(=O)[nH]1)CCCCC3. The summed E-state index contributed by atoms with van der Waals surface area (Å²) in [5, 5.41) is 11.1. The van der Waals surface area contributed by atoms with Gasteiger partial charge in [-0.05, 0) is 37.7 Å². The van der Waals surface area contributed by atoms with Gasteiger partial charge in [-0.3, -0.25) is 9.69 Å². The van der Waals surface area contributed by atoms with Crippen LogP contribution in [-0.4, -0.2) is 66.1 Å². The molecule has 7 nitrogen and oxygen atoms in total. The predicted octanol–water partition coefficient (Wildman–Crippen LogP) is 2.66. The van der Waals surface area contributed by atoms with Gasteiger partial charge in [0.05, 0.1) is 31.2 Å². The van der Waals surface area contributed by atoms with Crippen LogP contribution in [0.3, 0.4) is 0 Å². The van der Waals surface area contributed by atoms with Gasteiger partial charge in [-0.25, -0.2) is 4.98 Å². The normalized spacial score (nSPS) is 15.3. The van der Waals surface area contributed by atoms with E-state index in [4.69, 9.17) is 14.5 Å².